The largest absolute Gasteiger partial charge is 0.369 e. The maximum atomic E-state index is 4.58. The summed E-state index contributed by atoms with van der Waals surface area (Å²) in [5.74, 6) is 1.84. The first-order valence-corrected chi connectivity index (χ1v) is 8.05. The van der Waals surface area contributed by atoms with E-state index in [-0.39, 0.29) is 0 Å². The Balaban J connectivity index is 1.68. The molecule has 0 aromatic carbocycles. The summed E-state index contributed by atoms with van der Waals surface area (Å²) in [6, 6.07) is 2.45. The van der Waals surface area contributed by atoms with Crippen molar-refractivity contribution in [2.24, 2.45) is 7.05 Å². The van der Waals surface area contributed by atoms with Gasteiger partial charge in [-0.05, 0) is 32.8 Å². The van der Waals surface area contributed by atoms with Crippen molar-refractivity contribution in [2.75, 3.05) is 18.0 Å². The van der Waals surface area contributed by atoms with E-state index in [1.165, 1.54) is 5.69 Å². The van der Waals surface area contributed by atoms with Crippen molar-refractivity contribution < 1.29 is 0 Å². The number of piperidine rings is 1. The number of fused-ring (bicyclic) bond motifs is 1. The standard InChI is InChI=1S/C16H21N7/c1-11-19-12(2)23(20-11)13-5-4-8-22(10-13)15-6-7-17-16-14(15)9-18-21(16)3/h6-7,9,13H,4-5,8,10H2,1-3H3. The molecule has 1 aliphatic rings. The summed E-state index contributed by atoms with van der Waals surface area (Å²) in [7, 11) is 1.93. The van der Waals surface area contributed by atoms with Crippen LogP contribution in [0.5, 0.6) is 0 Å². The summed E-state index contributed by atoms with van der Waals surface area (Å²) in [5.41, 5.74) is 2.14. The molecule has 3 aromatic heterocycles. The first kappa shape index (κ1) is 14.2. The van der Waals surface area contributed by atoms with Gasteiger partial charge < -0.3 is 4.90 Å². The van der Waals surface area contributed by atoms with E-state index in [0.29, 0.717) is 6.04 Å². The van der Waals surface area contributed by atoms with Gasteiger partial charge in [0.15, 0.2) is 5.65 Å². The number of aryl methyl sites for hydroxylation is 3. The highest BCUT2D eigenvalue weighted by atomic mass is 15.4. The molecular weight excluding hydrogens is 290 g/mol. The van der Waals surface area contributed by atoms with Crippen molar-refractivity contribution in [2.45, 2.75) is 32.7 Å². The van der Waals surface area contributed by atoms with E-state index in [1.807, 2.05) is 38.0 Å². The molecule has 1 saturated heterocycles. The first-order chi connectivity index (χ1) is 11.1. The second kappa shape index (κ2) is 5.33. The van der Waals surface area contributed by atoms with Gasteiger partial charge in [-0.1, -0.05) is 0 Å². The zero-order chi connectivity index (χ0) is 16.0. The highest BCUT2D eigenvalue weighted by molar-refractivity contribution is 5.89. The molecule has 0 amide bonds. The van der Waals surface area contributed by atoms with Gasteiger partial charge in [-0.2, -0.15) is 10.2 Å². The fourth-order valence-corrected chi connectivity index (χ4v) is 3.56. The lowest BCUT2D eigenvalue weighted by molar-refractivity contribution is 0.368. The highest BCUT2D eigenvalue weighted by Gasteiger charge is 2.25. The Morgan fingerprint density at radius 1 is 1.26 bits per heavy atom. The molecule has 7 nitrogen and oxygen atoms in total. The SMILES string of the molecule is Cc1nc(C)n(C2CCCN(c3ccnc4c3cnn4C)C2)n1. The molecule has 0 radical (unpaired) electrons. The number of anilines is 1. The molecule has 0 N–H and O–H groups in total. The van der Waals surface area contributed by atoms with Crippen molar-refractivity contribution in [1.29, 1.82) is 0 Å². The molecule has 120 valence electrons. The van der Waals surface area contributed by atoms with Crippen molar-refractivity contribution in [3.8, 4) is 0 Å². The quantitative estimate of drug-likeness (QED) is 0.724. The van der Waals surface area contributed by atoms with Crippen molar-refractivity contribution in [3.63, 3.8) is 0 Å². The average Bonchev–Trinajstić information content (AvgIpc) is 3.10. The Labute approximate surface area is 134 Å². The molecule has 7 heteroatoms. The normalized spacial score (nSPS) is 18.7. The zero-order valence-corrected chi connectivity index (χ0v) is 13.8. The minimum absolute atomic E-state index is 0.366. The van der Waals surface area contributed by atoms with Gasteiger partial charge in [0.2, 0.25) is 0 Å². The molecule has 1 aliphatic heterocycles. The molecule has 1 unspecified atom stereocenters. The second-order valence-corrected chi connectivity index (χ2v) is 6.23. The fraction of sp³-hybridized carbons (Fsp3) is 0.500. The van der Waals surface area contributed by atoms with Crippen LogP contribution in [0.1, 0.15) is 30.5 Å². The predicted octanol–water partition coefficient (Wildman–Crippen LogP) is 2.02. The van der Waals surface area contributed by atoms with Crippen LogP contribution in [-0.4, -0.2) is 42.6 Å². The lowest BCUT2D eigenvalue weighted by atomic mass is 10.0. The van der Waals surface area contributed by atoms with Gasteiger partial charge in [0.25, 0.3) is 0 Å². The van der Waals surface area contributed by atoms with Gasteiger partial charge in [-0.25, -0.2) is 14.6 Å². The number of aromatic nitrogens is 6. The third-order valence-corrected chi connectivity index (χ3v) is 4.60. The number of nitrogens with zero attached hydrogens (tertiary/aromatic N) is 7. The summed E-state index contributed by atoms with van der Waals surface area (Å²) in [6.45, 7) is 5.98. The van der Waals surface area contributed by atoms with Crippen LogP contribution >= 0.6 is 0 Å². The van der Waals surface area contributed by atoms with E-state index in [0.717, 1.165) is 48.6 Å². The summed E-state index contributed by atoms with van der Waals surface area (Å²) in [5, 5.41) is 10.0. The van der Waals surface area contributed by atoms with Crippen LogP contribution < -0.4 is 4.90 Å². The first-order valence-electron chi connectivity index (χ1n) is 8.05. The maximum absolute atomic E-state index is 4.58. The van der Waals surface area contributed by atoms with Gasteiger partial charge in [-0.15, -0.1) is 0 Å². The van der Waals surface area contributed by atoms with Crippen LogP contribution in [0.4, 0.5) is 5.69 Å². The average molecular weight is 311 g/mol. The molecule has 0 bridgehead atoms. The van der Waals surface area contributed by atoms with Gasteiger partial charge in [0, 0.05) is 26.3 Å². The molecule has 1 fully saturated rings. The lowest BCUT2D eigenvalue weighted by Gasteiger charge is -2.34. The summed E-state index contributed by atoms with van der Waals surface area (Å²) >= 11 is 0. The van der Waals surface area contributed by atoms with Gasteiger partial charge >= 0.3 is 0 Å². The third-order valence-electron chi connectivity index (χ3n) is 4.60. The van der Waals surface area contributed by atoms with Crippen LogP contribution in [0, 0.1) is 13.8 Å². The Morgan fingerprint density at radius 3 is 2.91 bits per heavy atom. The van der Waals surface area contributed by atoms with Crippen LogP contribution in [-0.2, 0) is 7.05 Å². The highest BCUT2D eigenvalue weighted by Crippen LogP contribution is 2.30. The molecular formula is C16H21N7. The van der Waals surface area contributed by atoms with E-state index < -0.39 is 0 Å². The van der Waals surface area contributed by atoms with E-state index in [1.54, 1.807) is 0 Å². The number of rotatable bonds is 2. The van der Waals surface area contributed by atoms with E-state index in [2.05, 4.69) is 35.8 Å². The predicted molar refractivity (Wildman–Crippen MR) is 88.5 cm³/mol. The minimum Gasteiger partial charge on any atom is -0.369 e. The number of pyridine rings is 1. The van der Waals surface area contributed by atoms with Crippen molar-refractivity contribution in [3.05, 3.63) is 30.1 Å². The van der Waals surface area contributed by atoms with Crippen LogP contribution in [0.2, 0.25) is 0 Å². The molecule has 4 heterocycles. The molecule has 0 spiro atoms. The van der Waals surface area contributed by atoms with Gasteiger partial charge in [-0.3, -0.25) is 4.68 Å². The topological polar surface area (TPSA) is 64.7 Å². The maximum Gasteiger partial charge on any atom is 0.159 e. The zero-order valence-electron chi connectivity index (χ0n) is 13.8. The minimum atomic E-state index is 0.366. The van der Waals surface area contributed by atoms with Gasteiger partial charge in [0.1, 0.15) is 11.6 Å². The molecule has 23 heavy (non-hydrogen) atoms. The van der Waals surface area contributed by atoms with Crippen molar-refractivity contribution in [1.82, 2.24) is 29.5 Å². The van der Waals surface area contributed by atoms with E-state index >= 15 is 0 Å². The number of hydrogen-bond donors (Lipinski definition) is 0. The number of hydrogen-bond acceptors (Lipinski definition) is 5. The Kier molecular flexibility index (Phi) is 3.28. The van der Waals surface area contributed by atoms with Gasteiger partial charge in [0.05, 0.1) is 23.3 Å². The Morgan fingerprint density at radius 2 is 2.13 bits per heavy atom. The molecule has 1 atom stereocenters. The smallest absolute Gasteiger partial charge is 0.159 e. The molecule has 0 aliphatic carbocycles. The van der Waals surface area contributed by atoms with Crippen LogP contribution in [0.15, 0.2) is 18.5 Å². The summed E-state index contributed by atoms with van der Waals surface area (Å²) in [4.78, 5) is 11.3. The Hall–Kier alpha value is -2.44. The van der Waals surface area contributed by atoms with Crippen LogP contribution in [0.25, 0.3) is 11.0 Å². The molecule has 3 aromatic rings. The molecule has 0 saturated carbocycles. The van der Waals surface area contributed by atoms with E-state index in [9.17, 15) is 0 Å². The third kappa shape index (κ3) is 2.36. The Bertz CT molecular complexity index is 847. The van der Waals surface area contributed by atoms with E-state index in [4.69, 9.17) is 0 Å². The summed E-state index contributed by atoms with van der Waals surface area (Å²) < 4.78 is 3.91. The monoisotopic (exact) mass is 311 g/mol. The lowest BCUT2D eigenvalue weighted by Crippen LogP contribution is -2.37. The van der Waals surface area contributed by atoms with Crippen molar-refractivity contribution >= 4 is 16.7 Å². The second-order valence-electron chi connectivity index (χ2n) is 6.23. The fourth-order valence-electron chi connectivity index (χ4n) is 3.56. The summed E-state index contributed by atoms with van der Waals surface area (Å²) in [6.07, 6.45) is 6.06. The molecule has 4 rings (SSSR count). The van der Waals surface area contributed by atoms with Crippen LogP contribution in [0.3, 0.4) is 0 Å².